The van der Waals surface area contributed by atoms with Gasteiger partial charge in [-0.1, -0.05) is 0 Å². The maximum atomic E-state index is 13.3. The van der Waals surface area contributed by atoms with Gasteiger partial charge in [0.25, 0.3) is 0 Å². The number of hydrogen-bond donors (Lipinski definition) is 5. The Morgan fingerprint density at radius 1 is 0.842 bits per heavy atom. The van der Waals surface area contributed by atoms with Crippen molar-refractivity contribution in [3.8, 4) is 45.8 Å². The van der Waals surface area contributed by atoms with Gasteiger partial charge in [-0.3, -0.25) is 4.79 Å². The molecule has 1 aliphatic rings. The van der Waals surface area contributed by atoms with Crippen LogP contribution >= 0.6 is 0 Å². The van der Waals surface area contributed by atoms with Crippen LogP contribution in [-0.4, -0.2) is 91.3 Å². The highest BCUT2D eigenvalue weighted by atomic mass is 16.7. The lowest BCUT2D eigenvalue weighted by Gasteiger charge is -2.39. The van der Waals surface area contributed by atoms with Crippen LogP contribution in [0.1, 0.15) is 0 Å². The molecule has 5 atom stereocenters. The van der Waals surface area contributed by atoms with Crippen LogP contribution in [-0.2, 0) is 4.74 Å². The molecule has 5 N–H and O–H groups in total. The van der Waals surface area contributed by atoms with Gasteiger partial charge < -0.3 is 58.4 Å². The monoisotopic (exact) mass is 536 g/mol. The summed E-state index contributed by atoms with van der Waals surface area (Å²) < 4.78 is 38.2. The van der Waals surface area contributed by atoms with E-state index in [0.29, 0.717) is 5.56 Å². The zero-order valence-corrected chi connectivity index (χ0v) is 20.9. The first kappa shape index (κ1) is 27.3. The van der Waals surface area contributed by atoms with E-state index in [-0.39, 0.29) is 45.5 Å². The lowest BCUT2D eigenvalue weighted by molar-refractivity contribution is -0.277. The van der Waals surface area contributed by atoms with E-state index >= 15 is 0 Å². The minimum Gasteiger partial charge on any atom is -0.504 e. The topological polar surface area (TPSA) is 187 Å². The van der Waals surface area contributed by atoms with E-state index in [1.54, 1.807) is 0 Å². The number of aliphatic hydroxyl groups is 4. The summed E-state index contributed by atoms with van der Waals surface area (Å²) in [6.45, 7) is -0.617. The van der Waals surface area contributed by atoms with E-state index in [1.165, 1.54) is 52.7 Å². The molecule has 2 aromatic carbocycles. The van der Waals surface area contributed by atoms with Crippen LogP contribution in [0.25, 0.3) is 22.3 Å². The average Bonchev–Trinajstić information content (AvgIpc) is 2.92. The molecule has 0 amide bonds. The highest BCUT2D eigenvalue weighted by molar-refractivity contribution is 5.91. The molecular formula is C25H28O13. The van der Waals surface area contributed by atoms with Crippen LogP contribution in [0.5, 0.6) is 34.5 Å². The molecule has 1 aromatic heterocycles. The zero-order valence-electron chi connectivity index (χ0n) is 20.9. The first-order chi connectivity index (χ1) is 18.2. The lowest BCUT2D eigenvalue weighted by Crippen LogP contribution is -2.60. The second-order valence-electron chi connectivity index (χ2n) is 8.31. The molecule has 0 saturated carbocycles. The third-order valence-corrected chi connectivity index (χ3v) is 6.18. The summed E-state index contributed by atoms with van der Waals surface area (Å²) in [6, 6.07) is 5.80. The number of fused-ring (bicyclic) bond motifs is 1. The standard InChI is InChI=1S/C25H28O13/c1-32-12-7-10(5-6-11(12)37-25-21(31)20(30)17(27)15(9-26)38-25)22-24(35-4)19(29)16-13(36-22)8-14(33-2)23(34-3)18(16)28/h5-8,15,17,20-21,25-28,30-31H,9H2,1-4H3/t15-,17+,20+,21-,25-/m1/s1. The number of phenols is 1. The second-order valence-corrected chi connectivity index (χ2v) is 8.31. The predicted molar refractivity (Wildman–Crippen MR) is 130 cm³/mol. The van der Waals surface area contributed by atoms with E-state index < -0.39 is 48.5 Å². The molecule has 1 fully saturated rings. The number of hydrogen-bond acceptors (Lipinski definition) is 13. The van der Waals surface area contributed by atoms with Gasteiger partial charge in [0.05, 0.1) is 35.0 Å². The van der Waals surface area contributed by atoms with Gasteiger partial charge in [-0.25, -0.2) is 0 Å². The number of benzene rings is 2. The summed E-state index contributed by atoms with van der Waals surface area (Å²) in [7, 11) is 5.30. The van der Waals surface area contributed by atoms with E-state index in [9.17, 15) is 30.3 Å². The summed E-state index contributed by atoms with van der Waals surface area (Å²) in [5.74, 6) is -0.373. The molecule has 38 heavy (non-hydrogen) atoms. The minimum atomic E-state index is -1.63. The maximum Gasteiger partial charge on any atom is 0.239 e. The van der Waals surface area contributed by atoms with Crippen LogP contribution in [0.15, 0.2) is 33.5 Å². The number of aliphatic hydroxyl groups excluding tert-OH is 4. The first-order valence-electron chi connectivity index (χ1n) is 11.3. The Kier molecular flexibility index (Phi) is 7.85. The molecule has 0 radical (unpaired) electrons. The van der Waals surface area contributed by atoms with Crippen molar-refractivity contribution in [1.82, 2.24) is 0 Å². The van der Waals surface area contributed by atoms with Crippen molar-refractivity contribution in [1.29, 1.82) is 0 Å². The molecular weight excluding hydrogens is 508 g/mol. The van der Waals surface area contributed by atoms with Gasteiger partial charge in [0.2, 0.25) is 23.2 Å². The summed E-state index contributed by atoms with van der Waals surface area (Å²) in [5.41, 5.74) is -0.336. The number of rotatable bonds is 8. The summed E-state index contributed by atoms with van der Waals surface area (Å²) in [4.78, 5) is 13.3. The fourth-order valence-electron chi connectivity index (χ4n) is 4.20. The van der Waals surface area contributed by atoms with Gasteiger partial charge in [-0.05, 0) is 18.2 Å². The molecule has 0 bridgehead atoms. The smallest absolute Gasteiger partial charge is 0.239 e. The van der Waals surface area contributed by atoms with Gasteiger partial charge in [0, 0.05) is 11.6 Å². The molecule has 0 spiro atoms. The first-order valence-corrected chi connectivity index (χ1v) is 11.3. The third kappa shape index (κ3) is 4.54. The number of methoxy groups -OCH3 is 4. The SMILES string of the molecule is COc1cc(-c2oc3cc(OC)c(OC)c(O)c3c(=O)c2OC)ccc1O[C@@H]1O[C@H](CO)[C@H](O)[C@H](O)[C@H]1O. The van der Waals surface area contributed by atoms with Gasteiger partial charge in [0.1, 0.15) is 35.4 Å². The second kappa shape index (κ2) is 10.9. The van der Waals surface area contributed by atoms with Crippen molar-refractivity contribution in [2.75, 3.05) is 35.0 Å². The minimum absolute atomic E-state index is 0.00145. The quantitative estimate of drug-likeness (QED) is 0.266. The van der Waals surface area contributed by atoms with Crippen molar-refractivity contribution < 1.29 is 58.4 Å². The van der Waals surface area contributed by atoms with Crippen LogP contribution in [0.3, 0.4) is 0 Å². The van der Waals surface area contributed by atoms with Gasteiger partial charge in [0.15, 0.2) is 28.8 Å². The Balaban J connectivity index is 1.78. The Hall–Kier alpha value is -3.75. The largest absolute Gasteiger partial charge is 0.504 e. The summed E-state index contributed by atoms with van der Waals surface area (Å²) >= 11 is 0. The fourth-order valence-corrected chi connectivity index (χ4v) is 4.20. The molecule has 0 unspecified atom stereocenters. The molecule has 13 nitrogen and oxygen atoms in total. The van der Waals surface area contributed by atoms with Crippen LogP contribution in [0, 0.1) is 0 Å². The van der Waals surface area contributed by atoms with E-state index in [4.69, 9.17) is 32.8 Å². The molecule has 1 aliphatic heterocycles. The van der Waals surface area contributed by atoms with Gasteiger partial charge in [-0.15, -0.1) is 0 Å². The summed E-state index contributed by atoms with van der Waals surface area (Å²) in [6.07, 6.45) is -7.40. The van der Waals surface area contributed by atoms with E-state index in [2.05, 4.69) is 0 Å². The Bertz CT molecular complexity index is 1370. The summed E-state index contributed by atoms with van der Waals surface area (Å²) in [5, 5.41) is 50.2. The van der Waals surface area contributed by atoms with E-state index in [0.717, 1.165) is 0 Å². The van der Waals surface area contributed by atoms with Crippen molar-refractivity contribution in [3.05, 3.63) is 34.5 Å². The number of aromatic hydroxyl groups is 1. The normalized spacial score (nSPS) is 23.2. The van der Waals surface area contributed by atoms with Crippen molar-refractivity contribution >= 4 is 11.0 Å². The van der Waals surface area contributed by atoms with Crippen LogP contribution < -0.4 is 29.1 Å². The Labute approximate surface area is 215 Å². The lowest BCUT2D eigenvalue weighted by atomic mass is 9.99. The molecule has 0 aliphatic carbocycles. The molecule has 4 rings (SSSR count). The molecule has 2 heterocycles. The molecule has 206 valence electrons. The third-order valence-electron chi connectivity index (χ3n) is 6.18. The van der Waals surface area contributed by atoms with Crippen molar-refractivity contribution in [2.24, 2.45) is 0 Å². The van der Waals surface area contributed by atoms with Crippen molar-refractivity contribution in [3.63, 3.8) is 0 Å². The van der Waals surface area contributed by atoms with Crippen LogP contribution in [0.4, 0.5) is 0 Å². The van der Waals surface area contributed by atoms with Gasteiger partial charge >= 0.3 is 0 Å². The predicted octanol–water partition coefficient (Wildman–Crippen LogP) is 0.379. The Morgan fingerprint density at radius 3 is 2.13 bits per heavy atom. The molecule has 1 saturated heterocycles. The average molecular weight is 536 g/mol. The number of phenolic OH excluding ortho intramolecular Hbond substituents is 1. The molecule has 13 heteroatoms. The maximum absolute atomic E-state index is 13.3. The Morgan fingerprint density at radius 2 is 1.53 bits per heavy atom. The molecule has 3 aromatic rings. The van der Waals surface area contributed by atoms with Crippen LogP contribution in [0.2, 0.25) is 0 Å². The zero-order chi connectivity index (χ0) is 27.7. The fraction of sp³-hybridized carbons (Fsp3) is 0.400. The highest BCUT2D eigenvalue weighted by Gasteiger charge is 2.45. The van der Waals surface area contributed by atoms with E-state index in [1.807, 2.05) is 0 Å². The number of ether oxygens (including phenoxy) is 6. The van der Waals surface area contributed by atoms with Gasteiger partial charge in [-0.2, -0.15) is 0 Å². The van der Waals surface area contributed by atoms with Crippen molar-refractivity contribution in [2.45, 2.75) is 30.7 Å². The highest BCUT2D eigenvalue weighted by Crippen LogP contribution is 2.44.